The van der Waals surface area contributed by atoms with Crippen LogP contribution in [0.25, 0.3) is 11.2 Å². The molecule has 5 rings (SSSR count). The third kappa shape index (κ3) is 4.21. The van der Waals surface area contributed by atoms with Gasteiger partial charge in [-0.15, -0.1) is 0 Å². The lowest BCUT2D eigenvalue weighted by atomic mass is 10.0. The first-order valence-electron chi connectivity index (χ1n) is 11.4. The topological polar surface area (TPSA) is 109 Å². The Labute approximate surface area is 206 Å². The Bertz CT molecular complexity index is 1450. The molecule has 35 heavy (non-hydrogen) atoms. The van der Waals surface area contributed by atoms with E-state index in [-0.39, 0.29) is 17.4 Å². The number of halogens is 1. The molecule has 0 aliphatic carbocycles. The van der Waals surface area contributed by atoms with Crippen LogP contribution in [-0.2, 0) is 0 Å². The van der Waals surface area contributed by atoms with Crippen LogP contribution in [0.15, 0.2) is 53.7 Å². The van der Waals surface area contributed by atoms with E-state index in [9.17, 15) is 9.59 Å². The first kappa shape index (κ1) is 22.9. The molecule has 11 heteroatoms. The Morgan fingerprint density at radius 2 is 1.97 bits per heavy atom. The maximum Gasteiger partial charge on any atom is 0.284 e. The van der Waals surface area contributed by atoms with Crippen molar-refractivity contribution in [2.45, 2.75) is 25.7 Å². The van der Waals surface area contributed by atoms with E-state index in [1.807, 2.05) is 37.3 Å². The highest BCUT2D eigenvalue weighted by molar-refractivity contribution is 6.33. The fraction of sp³-hybridized carbons (Fsp3) is 0.292. The molecule has 1 amide bonds. The van der Waals surface area contributed by atoms with Crippen molar-refractivity contribution in [3.63, 3.8) is 0 Å². The number of amides is 1. The number of aromatic nitrogens is 5. The van der Waals surface area contributed by atoms with Crippen molar-refractivity contribution in [3.8, 4) is 5.69 Å². The summed E-state index contributed by atoms with van der Waals surface area (Å²) in [5.41, 5.74) is 1.34. The quantitative estimate of drug-likeness (QED) is 0.380. The van der Waals surface area contributed by atoms with Crippen LogP contribution >= 0.6 is 11.6 Å². The van der Waals surface area contributed by atoms with Gasteiger partial charge in [0, 0.05) is 25.7 Å². The SMILES string of the molecule is CC(CCCNc1ncnc2c1C(=O)N(C)CN2)c1nn2ccc(Cl)c2c(=O)n1-c1ccccc1. The third-order valence-electron chi connectivity index (χ3n) is 6.12. The van der Waals surface area contributed by atoms with E-state index in [4.69, 9.17) is 16.7 Å². The molecule has 0 saturated carbocycles. The van der Waals surface area contributed by atoms with Crippen LogP contribution in [0.2, 0.25) is 5.02 Å². The molecule has 0 spiro atoms. The highest BCUT2D eigenvalue weighted by atomic mass is 35.5. The standard InChI is InChI=1S/C24H25ClN8O2/c1-15(7-6-11-26-20-18-21(28-13-27-20)29-14-31(2)23(18)34)22-30-32-12-10-17(25)19(32)24(35)33(22)16-8-4-3-5-9-16/h3-5,8-10,12-13,15H,6-7,11,14H2,1-2H3,(H2,26,27,28,29). The van der Waals surface area contributed by atoms with E-state index in [1.165, 1.54) is 6.33 Å². The average Bonchev–Trinajstić information content (AvgIpc) is 3.25. The smallest absolute Gasteiger partial charge is 0.284 e. The van der Waals surface area contributed by atoms with E-state index in [2.05, 4.69) is 20.6 Å². The van der Waals surface area contributed by atoms with Crippen LogP contribution < -0.4 is 16.2 Å². The van der Waals surface area contributed by atoms with Gasteiger partial charge in [0.05, 0.1) is 17.4 Å². The molecule has 1 unspecified atom stereocenters. The van der Waals surface area contributed by atoms with Gasteiger partial charge < -0.3 is 15.5 Å². The zero-order valence-electron chi connectivity index (χ0n) is 19.4. The van der Waals surface area contributed by atoms with Crippen molar-refractivity contribution in [1.29, 1.82) is 0 Å². The predicted molar refractivity (Wildman–Crippen MR) is 135 cm³/mol. The molecule has 0 radical (unpaired) electrons. The number of para-hydroxylation sites is 1. The van der Waals surface area contributed by atoms with Gasteiger partial charge in [-0.3, -0.25) is 14.2 Å². The Kier molecular flexibility index (Phi) is 6.12. The average molecular weight is 493 g/mol. The van der Waals surface area contributed by atoms with Gasteiger partial charge in [0.15, 0.2) is 0 Å². The van der Waals surface area contributed by atoms with E-state index in [1.54, 1.807) is 33.3 Å². The van der Waals surface area contributed by atoms with Crippen LogP contribution in [0, 0.1) is 0 Å². The number of nitrogens with one attached hydrogen (secondary N) is 2. The predicted octanol–water partition coefficient (Wildman–Crippen LogP) is 3.38. The number of benzene rings is 1. The van der Waals surface area contributed by atoms with E-state index in [0.717, 1.165) is 18.5 Å². The van der Waals surface area contributed by atoms with Crippen LogP contribution in [0.4, 0.5) is 11.6 Å². The maximum atomic E-state index is 13.4. The molecule has 4 aromatic rings. The second-order valence-corrected chi connectivity index (χ2v) is 8.95. The molecule has 0 fully saturated rings. The molecular formula is C24H25ClN8O2. The first-order valence-corrected chi connectivity index (χ1v) is 11.8. The Morgan fingerprint density at radius 1 is 1.17 bits per heavy atom. The van der Waals surface area contributed by atoms with Crippen LogP contribution in [0.5, 0.6) is 0 Å². The summed E-state index contributed by atoms with van der Waals surface area (Å²) in [5.74, 6) is 1.55. The highest BCUT2D eigenvalue weighted by Crippen LogP contribution is 2.26. The minimum atomic E-state index is -0.205. The molecule has 1 aliphatic heterocycles. The van der Waals surface area contributed by atoms with Crippen molar-refractivity contribution in [1.82, 2.24) is 29.0 Å². The number of carbonyl (C=O) groups excluding carboxylic acids is 1. The molecule has 1 aliphatic rings. The molecular weight excluding hydrogens is 468 g/mol. The van der Waals surface area contributed by atoms with Gasteiger partial charge in [-0.2, -0.15) is 5.10 Å². The van der Waals surface area contributed by atoms with Gasteiger partial charge in [0.2, 0.25) is 0 Å². The molecule has 1 atom stereocenters. The van der Waals surface area contributed by atoms with E-state index >= 15 is 0 Å². The summed E-state index contributed by atoms with van der Waals surface area (Å²) >= 11 is 6.28. The summed E-state index contributed by atoms with van der Waals surface area (Å²) in [6.07, 6.45) is 4.67. The molecule has 0 bridgehead atoms. The molecule has 3 aromatic heterocycles. The number of rotatable bonds is 7. The minimum absolute atomic E-state index is 0.0240. The van der Waals surface area contributed by atoms with Gasteiger partial charge in [0.25, 0.3) is 11.5 Å². The first-order chi connectivity index (χ1) is 17.0. The molecule has 1 aromatic carbocycles. The van der Waals surface area contributed by atoms with Crippen molar-refractivity contribution >= 4 is 34.7 Å². The fourth-order valence-corrected chi connectivity index (χ4v) is 4.47. The lowest BCUT2D eigenvalue weighted by Crippen LogP contribution is -2.38. The minimum Gasteiger partial charge on any atom is -0.369 e. The lowest BCUT2D eigenvalue weighted by Gasteiger charge is -2.26. The van der Waals surface area contributed by atoms with Crippen LogP contribution in [-0.4, -0.2) is 55.2 Å². The third-order valence-corrected chi connectivity index (χ3v) is 6.42. The van der Waals surface area contributed by atoms with Crippen LogP contribution in [0.3, 0.4) is 0 Å². The van der Waals surface area contributed by atoms with Gasteiger partial charge in [0.1, 0.15) is 34.9 Å². The van der Waals surface area contributed by atoms with Gasteiger partial charge in [-0.25, -0.2) is 14.5 Å². The number of fused-ring (bicyclic) bond motifs is 2. The molecule has 0 saturated heterocycles. The Morgan fingerprint density at radius 3 is 2.77 bits per heavy atom. The number of hydrogen-bond donors (Lipinski definition) is 2. The summed E-state index contributed by atoms with van der Waals surface area (Å²) in [5, 5.41) is 11.5. The summed E-state index contributed by atoms with van der Waals surface area (Å²) in [6, 6.07) is 11.1. The molecule has 4 heterocycles. The van der Waals surface area contributed by atoms with Crippen LogP contribution in [0.1, 0.15) is 41.9 Å². The molecule has 10 nitrogen and oxygen atoms in total. The van der Waals surface area contributed by atoms with Crippen molar-refractivity contribution in [2.75, 3.05) is 30.9 Å². The fourth-order valence-electron chi connectivity index (χ4n) is 4.25. The normalized spacial score (nSPS) is 14.0. The van der Waals surface area contributed by atoms with E-state index in [0.29, 0.717) is 46.8 Å². The van der Waals surface area contributed by atoms with Gasteiger partial charge in [-0.05, 0) is 31.0 Å². The second-order valence-electron chi connectivity index (χ2n) is 8.55. The second kappa shape index (κ2) is 9.38. The zero-order chi connectivity index (χ0) is 24.5. The molecule has 2 N–H and O–H groups in total. The van der Waals surface area contributed by atoms with Crippen molar-refractivity contribution in [2.24, 2.45) is 0 Å². The lowest BCUT2D eigenvalue weighted by molar-refractivity contribution is 0.0796. The van der Waals surface area contributed by atoms with Gasteiger partial charge in [-0.1, -0.05) is 36.7 Å². The Balaban J connectivity index is 1.36. The Hall–Kier alpha value is -3.92. The summed E-state index contributed by atoms with van der Waals surface area (Å²) in [7, 11) is 1.73. The zero-order valence-corrected chi connectivity index (χ0v) is 20.2. The highest BCUT2D eigenvalue weighted by Gasteiger charge is 2.26. The summed E-state index contributed by atoms with van der Waals surface area (Å²) in [6.45, 7) is 3.05. The van der Waals surface area contributed by atoms with Gasteiger partial charge >= 0.3 is 0 Å². The maximum absolute atomic E-state index is 13.4. The largest absolute Gasteiger partial charge is 0.369 e. The number of nitrogens with zero attached hydrogens (tertiary/aromatic N) is 6. The summed E-state index contributed by atoms with van der Waals surface area (Å²) < 4.78 is 3.19. The molecule has 180 valence electrons. The summed E-state index contributed by atoms with van der Waals surface area (Å²) in [4.78, 5) is 36.0. The number of anilines is 2. The number of carbonyl (C=O) groups is 1. The monoisotopic (exact) mass is 492 g/mol. The van der Waals surface area contributed by atoms with E-state index < -0.39 is 0 Å². The van der Waals surface area contributed by atoms with Crippen molar-refractivity contribution < 1.29 is 4.79 Å². The van der Waals surface area contributed by atoms with Crippen molar-refractivity contribution in [3.05, 3.63) is 75.7 Å². The number of hydrogen-bond acceptors (Lipinski definition) is 7.